The highest BCUT2D eigenvalue weighted by Gasteiger charge is 2.39. The van der Waals surface area contributed by atoms with E-state index >= 15 is 0 Å². The number of ketones is 1. The minimum Gasteiger partial charge on any atom is -0.478 e. The van der Waals surface area contributed by atoms with Crippen LogP contribution in [0, 0.1) is 0 Å². The molecule has 0 fully saturated rings. The first-order chi connectivity index (χ1) is 11.1. The molecule has 0 saturated heterocycles. The van der Waals surface area contributed by atoms with Gasteiger partial charge < -0.3 is 9.94 Å². The van der Waals surface area contributed by atoms with Crippen LogP contribution >= 0.6 is 0 Å². The molecule has 116 valence electrons. The van der Waals surface area contributed by atoms with E-state index in [1.165, 1.54) is 13.0 Å². The summed E-state index contributed by atoms with van der Waals surface area (Å²) in [6.07, 6.45) is -0.694. The molecule has 1 heterocycles. The maximum Gasteiger partial charge on any atom is 0.335 e. The number of hydrogen-bond acceptors (Lipinski definition) is 4. The van der Waals surface area contributed by atoms with Crippen molar-refractivity contribution in [2.45, 2.75) is 18.9 Å². The lowest BCUT2D eigenvalue weighted by atomic mass is 9.84. The van der Waals surface area contributed by atoms with Crippen molar-refractivity contribution >= 4 is 17.5 Å². The molecular weight excluding hydrogens is 294 g/mol. The molecule has 0 bridgehead atoms. The summed E-state index contributed by atoms with van der Waals surface area (Å²) in [6.45, 7) is 1.47. The van der Waals surface area contributed by atoms with Crippen molar-refractivity contribution in [3.63, 3.8) is 0 Å². The molecule has 2 aromatic rings. The summed E-state index contributed by atoms with van der Waals surface area (Å²) in [4.78, 5) is 28.4. The van der Waals surface area contributed by atoms with E-state index in [0.717, 1.165) is 5.56 Å². The van der Waals surface area contributed by atoms with Crippen LogP contribution in [0.25, 0.3) is 0 Å². The fourth-order valence-corrected chi connectivity index (χ4v) is 2.72. The molecule has 1 aliphatic heterocycles. The van der Waals surface area contributed by atoms with Crippen LogP contribution in [0.2, 0.25) is 0 Å². The molecule has 5 nitrogen and oxygen atoms in total. The van der Waals surface area contributed by atoms with E-state index in [4.69, 9.17) is 9.94 Å². The Morgan fingerprint density at radius 1 is 1.09 bits per heavy atom. The monoisotopic (exact) mass is 309 g/mol. The molecule has 1 N–H and O–H groups in total. The maximum atomic E-state index is 11.9. The molecule has 5 heteroatoms. The van der Waals surface area contributed by atoms with E-state index in [1.54, 1.807) is 18.2 Å². The number of oxime groups is 1. The number of carbonyl (C=O) groups is 2. The van der Waals surface area contributed by atoms with E-state index in [9.17, 15) is 9.59 Å². The number of nitrogens with zero attached hydrogens (tertiary/aromatic N) is 1. The van der Waals surface area contributed by atoms with Crippen LogP contribution in [-0.4, -0.2) is 28.7 Å². The van der Waals surface area contributed by atoms with Gasteiger partial charge in [0.1, 0.15) is 0 Å². The summed E-state index contributed by atoms with van der Waals surface area (Å²) >= 11 is 0. The van der Waals surface area contributed by atoms with E-state index in [1.807, 2.05) is 30.3 Å². The smallest absolute Gasteiger partial charge is 0.335 e. The molecule has 0 saturated carbocycles. The highest BCUT2D eigenvalue weighted by Crippen LogP contribution is 2.33. The Bertz CT molecular complexity index is 783. The molecule has 0 spiro atoms. The minimum atomic E-state index is -1.01. The largest absolute Gasteiger partial charge is 0.478 e. The number of hydrogen-bond donors (Lipinski definition) is 1. The Hall–Kier alpha value is -2.95. The molecule has 0 amide bonds. The van der Waals surface area contributed by atoms with Gasteiger partial charge in [-0.25, -0.2) is 4.79 Å². The van der Waals surface area contributed by atoms with E-state index < -0.39 is 12.1 Å². The normalized spacial score (nSPS) is 19.8. The summed E-state index contributed by atoms with van der Waals surface area (Å²) in [5.41, 5.74) is 2.29. The Morgan fingerprint density at radius 2 is 1.83 bits per heavy atom. The van der Waals surface area contributed by atoms with Crippen LogP contribution in [0.15, 0.2) is 59.8 Å². The van der Waals surface area contributed by atoms with Gasteiger partial charge in [0.25, 0.3) is 0 Å². The second-order valence-electron chi connectivity index (χ2n) is 5.39. The first-order valence-electron chi connectivity index (χ1n) is 7.21. The Kier molecular flexibility index (Phi) is 3.93. The highest BCUT2D eigenvalue weighted by atomic mass is 16.6. The summed E-state index contributed by atoms with van der Waals surface area (Å²) < 4.78 is 0. The van der Waals surface area contributed by atoms with Crippen molar-refractivity contribution in [2.24, 2.45) is 5.16 Å². The second kappa shape index (κ2) is 6.04. The van der Waals surface area contributed by atoms with Gasteiger partial charge in [0.05, 0.1) is 17.2 Å². The summed E-state index contributed by atoms with van der Waals surface area (Å²) in [7, 11) is 0. The molecule has 2 aromatic carbocycles. The molecular formula is C18H15NO4. The zero-order valence-electron chi connectivity index (χ0n) is 12.5. The van der Waals surface area contributed by atoms with Gasteiger partial charge in [-0.2, -0.15) is 0 Å². The number of rotatable bonds is 4. The summed E-state index contributed by atoms with van der Waals surface area (Å²) in [5, 5.41) is 13.2. The number of Topliss-reactive ketones (excluding diaryl/α,β-unsaturated/α-hetero) is 1. The van der Waals surface area contributed by atoms with Crippen molar-refractivity contribution in [3.05, 3.63) is 71.3 Å². The van der Waals surface area contributed by atoms with Crippen LogP contribution in [-0.2, 0) is 9.63 Å². The van der Waals surface area contributed by atoms with Crippen LogP contribution in [0.5, 0.6) is 0 Å². The third-order valence-electron chi connectivity index (χ3n) is 3.83. The maximum absolute atomic E-state index is 11.9. The van der Waals surface area contributed by atoms with E-state index in [0.29, 0.717) is 11.3 Å². The Labute approximate surface area is 133 Å². The third kappa shape index (κ3) is 2.85. The van der Waals surface area contributed by atoms with Gasteiger partial charge >= 0.3 is 5.97 Å². The number of carbonyl (C=O) groups excluding carboxylic acids is 1. The van der Waals surface area contributed by atoms with E-state index in [2.05, 4.69) is 5.16 Å². The molecule has 0 aromatic heterocycles. The van der Waals surface area contributed by atoms with E-state index in [-0.39, 0.29) is 17.3 Å². The predicted molar refractivity (Wildman–Crippen MR) is 84.7 cm³/mol. The van der Waals surface area contributed by atoms with Crippen LogP contribution < -0.4 is 0 Å². The van der Waals surface area contributed by atoms with Gasteiger partial charge in [-0.3, -0.25) is 4.79 Å². The van der Waals surface area contributed by atoms with Gasteiger partial charge in [-0.05, 0) is 24.6 Å². The lowest BCUT2D eigenvalue weighted by Gasteiger charge is -2.17. The topological polar surface area (TPSA) is 76.0 Å². The highest BCUT2D eigenvalue weighted by molar-refractivity contribution is 6.09. The SMILES string of the molecule is CC(=O)C1ON=C(c2cccc(C(=O)O)c2)C1c1ccccc1. The standard InChI is InChI=1S/C18H15NO4/c1-11(20)17-15(12-6-3-2-4-7-12)16(19-23-17)13-8-5-9-14(10-13)18(21)22/h2-10,15,17H,1H3,(H,21,22). The molecule has 2 unspecified atom stereocenters. The van der Waals surface area contributed by atoms with Crippen molar-refractivity contribution in [2.75, 3.05) is 0 Å². The Morgan fingerprint density at radius 3 is 2.48 bits per heavy atom. The minimum absolute atomic E-state index is 0.119. The molecule has 0 radical (unpaired) electrons. The van der Waals surface area contributed by atoms with Gasteiger partial charge in [-0.1, -0.05) is 47.6 Å². The van der Waals surface area contributed by atoms with Gasteiger partial charge in [-0.15, -0.1) is 0 Å². The van der Waals surface area contributed by atoms with Crippen LogP contribution in [0.4, 0.5) is 0 Å². The van der Waals surface area contributed by atoms with Crippen LogP contribution in [0.3, 0.4) is 0 Å². The first kappa shape index (κ1) is 15.0. The molecule has 0 aliphatic carbocycles. The first-order valence-corrected chi connectivity index (χ1v) is 7.21. The number of carboxylic acid groups (broad SMARTS) is 1. The van der Waals surface area contributed by atoms with Crippen molar-refractivity contribution in [3.8, 4) is 0 Å². The van der Waals surface area contributed by atoms with Crippen molar-refractivity contribution in [1.29, 1.82) is 0 Å². The molecule has 3 rings (SSSR count). The summed E-state index contributed by atoms with van der Waals surface area (Å²) in [5.74, 6) is -1.48. The zero-order chi connectivity index (χ0) is 16.4. The molecule has 1 aliphatic rings. The third-order valence-corrected chi connectivity index (χ3v) is 3.83. The zero-order valence-corrected chi connectivity index (χ0v) is 12.5. The predicted octanol–water partition coefficient (Wildman–Crippen LogP) is 2.86. The van der Waals surface area contributed by atoms with Gasteiger partial charge in [0, 0.05) is 5.56 Å². The lowest BCUT2D eigenvalue weighted by Crippen LogP contribution is -2.28. The summed E-state index contributed by atoms with van der Waals surface area (Å²) in [6, 6.07) is 16.0. The average molecular weight is 309 g/mol. The fraction of sp³-hybridized carbons (Fsp3) is 0.167. The average Bonchev–Trinajstić information content (AvgIpc) is 3.01. The molecule has 23 heavy (non-hydrogen) atoms. The second-order valence-corrected chi connectivity index (χ2v) is 5.39. The van der Waals surface area contributed by atoms with Crippen molar-refractivity contribution in [1.82, 2.24) is 0 Å². The number of carboxylic acids is 1. The quantitative estimate of drug-likeness (QED) is 0.942. The number of aromatic carboxylic acids is 1. The number of benzene rings is 2. The van der Waals surface area contributed by atoms with Crippen molar-refractivity contribution < 1.29 is 19.5 Å². The lowest BCUT2D eigenvalue weighted by molar-refractivity contribution is -0.127. The Balaban J connectivity index is 2.05. The van der Waals surface area contributed by atoms with Crippen LogP contribution in [0.1, 0.15) is 34.3 Å². The fourth-order valence-electron chi connectivity index (χ4n) is 2.72. The molecule has 2 atom stereocenters. The van der Waals surface area contributed by atoms with Gasteiger partial charge in [0.15, 0.2) is 11.9 Å². The van der Waals surface area contributed by atoms with Gasteiger partial charge in [0.2, 0.25) is 0 Å².